The molecular formula is C15H9Cl4NOS. The molecule has 0 aromatic heterocycles. The molecule has 1 heterocycles. The number of anilines is 1. The Morgan fingerprint density at radius 1 is 1.05 bits per heavy atom. The van der Waals surface area contributed by atoms with Crippen molar-refractivity contribution < 1.29 is 4.79 Å². The molecule has 1 aliphatic rings. The molecule has 7 heteroatoms. The molecule has 0 unspecified atom stereocenters. The lowest BCUT2D eigenvalue weighted by atomic mass is 10.2. The first kappa shape index (κ1) is 16.3. The average Bonchev–Trinajstić information content (AvgIpc) is 2.82. The van der Waals surface area contributed by atoms with Gasteiger partial charge in [0.2, 0.25) is 5.91 Å². The Morgan fingerprint density at radius 3 is 2.41 bits per heavy atom. The van der Waals surface area contributed by atoms with Gasteiger partial charge in [-0.25, -0.2) is 0 Å². The zero-order valence-corrected chi connectivity index (χ0v) is 14.9. The SMILES string of the molecule is O=C1CS[C@@H](c2cccc(Cl)c2Cl)N1c1cc(Cl)cc(Cl)c1. The summed E-state index contributed by atoms with van der Waals surface area (Å²) in [5.74, 6) is 0.335. The van der Waals surface area contributed by atoms with E-state index in [2.05, 4.69) is 0 Å². The fourth-order valence-electron chi connectivity index (χ4n) is 2.32. The Hall–Kier alpha value is -0.580. The Bertz CT molecular complexity index is 732. The maximum Gasteiger partial charge on any atom is 0.238 e. The van der Waals surface area contributed by atoms with Crippen LogP contribution in [-0.2, 0) is 4.79 Å². The molecule has 0 saturated carbocycles. The second-order valence-corrected chi connectivity index (χ2v) is 7.42. The number of benzene rings is 2. The normalized spacial score (nSPS) is 18.1. The topological polar surface area (TPSA) is 20.3 Å². The number of amides is 1. The van der Waals surface area contributed by atoms with Gasteiger partial charge in [-0.15, -0.1) is 11.8 Å². The van der Waals surface area contributed by atoms with Crippen LogP contribution in [0.2, 0.25) is 20.1 Å². The van der Waals surface area contributed by atoms with Crippen LogP contribution >= 0.6 is 58.2 Å². The molecule has 2 aromatic carbocycles. The molecule has 1 fully saturated rings. The van der Waals surface area contributed by atoms with Crippen LogP contribution < -0.4 is 4.90 Å². The highest BCUT2D eigenvalue weighted by Gasteiger charge is 2.35. The molecule has 114 valence electrons. The highest BCUT2D eigenvalue weighted by molar-refractivity contribution is 8.00. The summed E-state index contributed by atoms with van der Waals surface area (Å²) in [7, 11) is 0. The van der Waals surface area contributed by atoms with Gasteiger partial charge in [-0.05, 0) is 24.3 Å². The number of halogens is 4. The van der Waals surface area contributed by atoms with Crippen molar-refractivity contribution in [1.29, 1.82) is 0 Å². The standard InChI is InChI=1S/C15H9Cl4NOS/c16-8-4-9(17)6-10(5-8)20-13(21)7-22-15(20)11-2-1-3-12(18)14(11)19/h1-6,15H,7H2/t15-/m0/s1. The van der Waals surface area contributed by atoms with Gasteiger partial charge in [0.15, 0.2) is 0 Å². The van der Waals surface area contributed by atoms with Crippen LogP contribution in [0.1, 0.15) is 10.9 Å². The van der Waals surface area contributed by atoms with Crippen LogP contribution in [0.15, 0.2) is 36.4 Å². The van der Waals surface area contributed by atoms with E-state index >= 15 is 0 Å². The van der Waals surface area contributed by atoms with Crippen LogP contribution in [0.4, 0.5) is 5.69 Å². The molecule has 0 N–H and O–H groups in total. The van der Waals surface area contributed by atoms with Crippen molar-refractivity contribution in [3.05, 3.63) is 62.1 Å². The molecule has 1 atom stereocenters. The third-order valence-electron chi connectivity index (χ3n) is 3.24. The molecule has 3 rings (SSSR count). The Labute approximate surface area is 152 Å². The number of carbonyl (C=O) groups excluding carboxylic acids is 1. The van der Waals surface area contributed by atoms with E-state index in [1.807, 2.05) is 12.1 Å². The number of thioether (sulfide) groups is 1. The third-order valence-corrected chi connectivity index (χ3v) is 5.70. The van der Waals surface area contributed by atoms with Crippen LogP contribution in [-0.4, -0.2) is 11.7 Å². The van der Waals surface area contributed by atoms with Crippen molar-refractivity contribution in [2.45, 2.75) is 5.37 Å². The minimum absolute atomic E-state index is 0.0237. The van der Waals surface area contributed by atoms with E-state index in [0.29, 0.717) is 31.5 Å². The first-order chi connectivity index (χ1) is 10.5. The molecule has 1 aliphatic heterocycles. The number of nitrogens with zero attached hydrogens (tertiary/aromatic N) is 1. The van der Waals surface area contributed by atoms with Crippen molar-refractivity contribution in [2.24, 2.45) is 0 Å². The summed E-state index contributed by atoms with van der Waals surface area (Å²) < 4.78 is 0. The second kappa shape index (κ2) is 6.50. The first-order valence-corrected chi connectivity index (χ1v) is 8.87. The number of hydrogen-bond donors (Lipinski definition) is 0. The van der Waals surface area contributed by atoms with Gasteiger partial charge in [0.25, 0.3) is 0 Å². The van der Waals surface area contributed by atoms with Gasteiger partial charge in [-0.1, -0.05) is 58.5 Å². The van der Waals surface area contributed by atoms with Crippen molar-refractivity contribution in [2.75, 3.05) is 10.7 Å². The Balaban J connectivity index is 2.08. The van der Waals surface area contributed by atoms with Crippen molar-refractivity contribution in [3.63, 3.8) is 0 Å². The lowest BCUT2D eigenvalue weighted by Crippen LogP contribution is -2.28. The minimum Gasteiger partial charge on any atom is -0.295 e. The number of carbonyl (C=O) groups is 1. The highest BCUT2D eigenvalue weighted by atomic mass is 35.5. The van der Waals surface area contributed by atoms with Crippen molar-refractivity contribution in [1.82, 2.24) is 0 Å². The molecule has 0 aliphatic carbocycles. The van der Waals surface area contributed by atoms with Crippen LogP contribution in [0.25, 0.3) is 0 Å². The van der Waals surface area contributed by atoms with Crippen LogP contribution in [0.3, 0.4) is 0 Å². The molecule has 2 aromatic rings. The Kier molecular flexibility index (Phi) is 4.81. The predicted molar refractivity (Wildman–Crippen MR) is 95.6 cm³/mol. The van der Waals surface area contributed by atoms with E-state index in [4.69, 9.17) is 46.4 Å². The number of hydrogen-bond acceptors (Lipinski definition) is 2. The summed E-state index contributed by atoms with van der Waals surface area (Å²) in [5.41, 5.74) is 1.44. The van der Waals surface area contributed by atoms with Gasteiger partial charge in [0.1, 0.15) is 5.37 Å². The molecule has 22 heavy (non-hydrogen) atoms. The van der Waals surface area contributed by atoms with Crippen LogP contribution in [0.5, 0.6) is 0 Å². The summed E-state index contributed by atoms with van der Waals surface area (Å²) in [4.78, 5) is 14.0. The van der Waals surface area contributed by atoms with E-state index in [-0.39, 0.29) is 11.3 Å². The molecule has 1 saturated heterocycles. The van der Waals surface area contributed by atoms with Crippen LogP contribution in [0, 0.1) is 0 Å². The van der Waals surface area contributed by atoms with Gasteiger partial charge >= 0.3 is 0 Å². The fourth-order valence-corrected chi connectivity index (χ4v) is 4.52. The number of rotatable bonds is 2. The van der Waals surface area contributed by atoms with Gasteiger partial charge in [0.05, 0.1) is 15.8 Å². The fraction of sp³-hybridized carbons (Fsp3) is 0.133. The van der Waals surface area contributed by atoms with Gasteiger partial charge in [0, 0.05) is 21.3 Å². The molecule has 0 radical (unpaired) electrons. The second-order valence-electron chi connectivity index (χ2n) is 4.70. The molecule has 0 spiro atoms. The van der Waals surface area contributed by atoms with Crippen molar-refractivity contribution >= 4 is 69.8 Å². The van der Waals surface area contributed by atoms with E-state index in [0.717, 1.165) is 5.56 Å². The van der Waals surface area contributed by atoms with Gasteiger partial charge in [-0.2, -0.15) is 0 Å². The zero-order valence-electron chi connectivity index (χ0n) is 11.0. The first-order valence-electron chi connectivity index (χ1n) is 6.31. The largest absolute Gasteiger partial charge is 0.295 e. The summed E-state index contributed by atoms with van der Waals surface area (Å²) in [6, 6.07) is 10.4. The highest BCUT2D eigenvalue weighted by Crippen LogP contribution is 2.46. The predicted octanol–water partition coefficient (Wildman–Crippen LogP) is 6.08. The summed E-state index contributed by atoms with van der Waals surface area (Å²) >= 11 is 26.0. The molecule has 1 amide bonds. The summed E-state index contributed by atoms with van der Waals surface area (Å²) in [6.45, 7) is 0. The lowest BCUT2D eigenvalue weighted by molar-refractivity contribution is -0.115. The maximum absolute atomic E-state index is 12.3. The third kappa shape index (κ3) is 3.06. The van der Waals surface area contributed by atoms with E-state index in [1.165, 1.54) is 11.8 Å². The summed E-state index contributed by atoms with van der Waals surface area (Å²) in [6.07, 6.45) is 0. The lowest BCUT2D eigenvalue weighted by Gasteiger charge is -2.25. The van der Waals surface area contributed by atoms with E-state index in [1.54, 1.807) is 29.2 Å². The van der Waals surface area contributed by atoms with Gasteiger partial charge in [-0.3, -0.25) is 9.69 Å². The maximum atomic E-state index is 12.3. The monoisotopic (exact) mass is 391 g/mol. The van der Waals surface area contributed by atoms with Gasteiger partial charge < -0.3 is 0 Å². The Morgan fingerprint density at radius 2 is 1.73 bits per heavy atom. The minimum atomic E-state index is -0.256. The average molecular weight is 393 g/mol. The molecule has 2 nitrogen and oxygen atoms in total. The van der Waals surface area contributed by atoms with Crippen molar-refractivity contribution in [3.8, 4) is 0 Å². The van der Waals surface area contributed by atoms with E-state index < -0.39 is 0 Å². The molecule has 0 bridgehead atoms. The van der Waals surface area contributed by atoms with E-state index in [9.17, 15) is 4.79 Å². The zero-order chi connectivity index (χ0) is 15.9. The quantitative estimate of drug-likeness (QED) is 0.617. The summed E-state index contributed by atoms with van der Waals surface area (Å²) in [5, 5.41) is 1.61. The molecular weight excluding hydrogens is 384 g/mol. The smallest absolute Gasteiger partial charge is 0.238 e.